The van der Waals surface area contributed by atoms with Crippen LogP contribution < -0.4 is 10.6 Å². The lowest BCUT2D eigenvalue weighted by atomic mass is 10.0. The van der Waals surface area contributed by atoms with Gasteiger partial charge in [-0.2, -0.15) is 0 Å². The third-order valence-electron chi connectivity index (χ3n) is 3.33. The lowest BCUT2D eigenvalue weighted by molar-refractivity contribution is -0.125. The molecule has 5 heteroatoms. The molecule has 0 heterocycles. The number of aliphatic hydroxyl groups excluding tert-OH is 1. The van der Waals surface area contributed by atoms with Crippen LogP contribution in [0.3, 0.4) is 0 Å². The summed E-state index contributed by atoms with van der Waals surface area (Å²) in [6.07, 6.45) is 0.751. The summed E-state index contributed by atoms with van der Waals surface area (Å²) in [5.41, 5.74) is 0.941. The first-order chi connectivity index (χ1) is 10.7. The molecule has 22 heavy (non-hydrogen) atoms. The Balaban J connectivity index is 1.87. The topological polar surface area (TPSA) is 78.4 Å². The number of hydrogen-bond donors (Lipinski definition) is 3. The van der Waals surface area contributed by atoms with Gasteiger partial charge in [-0.05, 0) is 22.8 Å². The summed E-state index contributed by atoms with van der Waals surface area (Å²) in [4.78, 5) is 23.4. The number of rotatable bonds is 7. The Morgan fingerprint density at radius 1 is 0.955 bits per heavy atom. The minimum absolute atomic E-state index is 0.0354. The minimum Gasteiger partial charge on any atom is -0.396 e. The number of aliphatic hydroxyl groups is 1. The molecule has 0 saturated carbocycles. The van der Waals surface area contributed by atoms with E-state index < -0.39 is 0 Å². The molecule has 0 aliphatic rings. The fourth-order valence-electron chi connectivity index (χ4n) is 2.23. The van der Waals surface area contributed by atoms with Crippen molar-refractivity contribution >= 4 is 22.6 Å². The van der Waals surface area contributed by atoms with Crippen molar-refractivity contribution in [1.29, 1.82) is 0 Å². The maximum Gasteiger partial charge on any atom is 0.239 e. The molecule has 0 atom stereocenters. The van der Waals surface area contributed by atoms with Crippen molar-refractivity contribution in [2.24, 2.45) is 0 Å². The zero-order chi connectivity index (χ0) is 15.8. The lowest BCUT2D eigenvalue weighted by Gasteiger charge is -2.08. The summed E-state index contributed by atoms with van der Waals surface area (Å²) >= 11 is 0. The van der Waals surface area contributed by atoms with Crippen molar-refractivity contribution in [1.82, 2.24) is 10.6 Å². The SMILES string of the molecule is O=C(CNC(=O)Cc1cccc2ccccc12)NCCCO. The molecule has 5 nitrogen and oxygen atoms in total. The highest BCUT2D eigenvalue weighted by Gasteiger charge is 2.08. The summed E-state index contributed by atoms with van der Waals surface area (Å²) in [6, 6.07) is 13.7. The molecular formula is C17H20N2O3. The smallest absolute Gasteiger partial charge is 0.239 e. The van der Waals surface area contributed by atoms with Crippen molar-refractivity contribution < 1.29 is 14.7 Å². The van der Waals surface area contributed by atoms with Crippen molar-refractivity contribution in [2.75, 3.05) is 19.7 Å². The molecule has 0 fully saturated rings. The highest BCUT2D eigenvalue weighted by atomic mass is 16.3. The van der Waals surface area contributed by atoms with Crippen LogP contribution in [0.4, 0.5) is 0 Å². The van der Waals surface area contributed by atoms with E-state index in [2.05, 4.69) is 10.6 Å². The standard InChI is InChI=1S/C17H20N2O3/c20-10-4-9-18-17(22)12-19-16(21)11-14-7-3-6-13-5-1-2-8-15(13)14/h1-3,5-8,20H,4,9-12H2,(H,18,22)(H,19,21). The largest absolute Gasteiger partial charge is 0.396 e. The van der Waals surface area contributed by atoms with E-state index in [9.17, 15) is 9.59 Å². The molecule has 3 N–H and O–H groups in total. The molecule has 2 amide bonds. The van der Waals surface area contributed by atoms with Gasteiger partial charge in [0.1, 0.15) is 0 Å². The molecule has 2 aromatic carbocycles. The molecule has 0 spiro atoms. The number of amides is 2. The molecule has 0 saturated heterocycles. The van der Waals surface area contributed by atoms with Gasteiger partial charge in [0.25, 0.3) is 0 Å². The molecule has 2 aromatic rings. The van der Waals surface area contributed by atoms with Crippen LogP contribution in [-0.4, -0.2) is 36.6 Å². The van der Waals surface area contributed by atoms with E-state index in [1.807, 2.05) is 42.5 Å². The van der Waals surface area contributed by atoms with E-state index in [0.29, 0.717) is 13.0 Å². The van der Waals surface area contributed by atoms with Gasteiger partial charge in [-0.1, -0.05) is 42.5 Å². The minimum atomic E-state index is -0.250. The van der Waals surface area contributed by atoms with Gasteiger partial charge < -0.3 is 15.7 Å². The number of fused-ring (bicyclic) bond motifs is 1. The molecule has 116 valence electrons. The van der Waals surface area contributed by atoms with Crippen LogP contribution in [0, 0.1) is 0 Å². The molecule has 2 rings (SSSR count). The Bertz CT molecular complexity index is 650. The highest BCUT2D eigenvalue weighted by Crippen LogP contribution is 2.18. The van der Waals surface area contributed by atoms with Gasteiger partial charge in [-0.25, -0.2) is 0 Å². The number of nitrogens with one attached hydrogen (secondary N) is 2. The summed E-state index contributed by atoms with van der Waals surface area (Å²) in [7, 11) is 0. The number of benzene rings is 2. The van der Waals surface area contributed by atoms with Gasteiger partial charge in [0.15, 0.2) is 0 Å². The van der Waals surface area contributed by atoms with Crippen LogP contribution in [0.5, 0.6) is 0 Å². The Hall–Kier alpha value is -2.40. The van der Waals surface area contributed by atoms with Crippen LogP contribution in [0.15, 0.2) is 42.5 Å². The first kappa shape index (κ1) is 16.0. The van der Waals surface area contributed by atoms with Crippen molar-refractivity contribution in [2.45, 2.75) is 12.8 Å². The fraction of sp³-hybridized carbons (Fsp3) is 0.294. The predicted molar refractivity (Wildman–Crippen MR) is 85.4 cm³/mol. The average Bonchev–Trinajstić information content (AvgIpc) is 2.54. The predicted octanol–water partition coefficient (Wildman–Crippen LogP) is 0.997. The van der Waals surface area contributed by atoms with E-state index in [0.717, 1.165) is 16.3 Å². The van der Waals surface area contributed by atoms with Gasteiger partial charge in [0.2, 0.25) is 11.8 Å². The fourth-order valence-corrected chi connectivity index (χ4v) is 2.23. The molecule has 0 bridgehead atoms. The van der Waals surface area contributed by atoms with Crippen LogP contribution in [0.25, 0.3) is 10.8 Å². The third kappa shape index (κ3) is 4.56. The van der Waals surface area contributed by atoms with Crippen LogP contribution in [0.1, 0.15) is 12.0 Å². The van der Waals surface area contributed by atoms with Gasteiger partial charge in [-0.3, -0.25) is 9.59 Å². The highest BCUT2D eigenvalue weighted by molar-refractivity contribution is 5.91. The van der Waals surface area contributed by atoms with Gasteiger partial charge in [0.05, 0.1) is 13.0 Å². The van der Waals surface area contributed by atoms with Gasteiger partial charge in [0, 0.05) is 13.2 Å². The molecule has 0 unspecified atom stereocenters. The van der Waals surface area contributed by atoms with E-state index in [1.165, 1.54) is 0 Å². The zero-order valence-corrected chi connectivity index (χ0v) is 12.3. The maximum atomic E-state index is 12.0. The second-order valence-electron chi connectivity index (χ2n) is 5.02. The van der Waals surface area contributed by atoms with E-state index in [-0.39, 0.29) is 31.4 Å². The lowest BCUT2D eigenvalue weighted by Crippen LogP contribution is -2.38. The Kier molecular flexibility index (Phi) is 5.91. The normalized spacial score (nSPS) is 10.4. The Morgan fingerprint density at radius 3 is 2.55 bits per heavy atom. The third-order valence-corrected chi connectivity index (χ3v) is 3.33. The zero-order valence-electron chi connectivity index (χ0n) is 12.3. The first-order valence-corrected chi connectivity index (χ1v) is 7.31. The van der Waals surface area contributed by atoms with Crippen LogP contribution in [0.2, 0.25) is 0 Å². The molecular weight excluding hydrogens is 280 g/mol. The second kappa shape index (κ2) is 8.14. The van der Waals surface area contributed by atoms with Gasteiger partial charge in [-0.15, -0.1) is 0 Å². The quantitative estimate of drug-likeness (QED) is 0.667. The Morgan fingerprint density at radius 2 is 1.73 bits per heavy atom. The van der Waals surface area contributed by atoms with Crippen molar-refractivity contribution in [3.05, 3.63) is 48.0 Å². The van der Waals surface area contributed by atoms with Crippen molar-refractivity contribution in [3.8, 4) is 0 Å². The van der Waals surface area contributed by atoms with E-state index in [1.54, 1.807) is 0 Å². The number of carbonyl (C=O) groups excluding carboxylic acids is 2. The molecule has 0 aliphatic carbocycles. The summed E-state index contributed by atoms with van der Waals surface area (Å²) in [5, 5.41) is 16.0. The first-order valence-electron chi connectivity index (χ1n) is 7.31. The Labute approximate surface area is 129 Å². The maximum absolute atomic E-state index is 12.0. The second-order valence-corrected chi connectivity index (χ2v) is 5.02. The number of hydrogen-bond acceptors (Lipinski definition) is 3. The number of carbonyl (C=O) groups is 2. The van der Waals surface area contributed by atoms with Gasteiger partial charge >= 0.3 is 0 Å². The van der Waals surface area contributed by atoms with Crippen molar-refractivity contribution in [3.63, 3.8) is 0 Å². The van der Waals surface area contributed by atoms with Crippen LogP contribution >= 0.6 is 0 Å². The van der Waals surface area contributed by atoms with E-state index >= 15 is 0 Å². The van der Waals surface area contributed by atoms with Crippen LogP contribution in [-0.2, 0) is 16.0 Å². The summed E-state index contributed by atoms with van der Waals surface area (Å²) in [6.45, 7) is 0.400. The van der Waals surface area contributed by atoms with E-state index in [4.69, 9.17) is 5.11 Å². The average molecular weight is 300 g/mol. The summed E-state index contributed by atoms with van der Waals surface area (Å²) < 4.78 is 0. The molecule has 0 aromatic heterocycles. The molecule has 0 radical (unpaired) electrons. The summed E-state index contributed by atoms with van der Waals surface area (Å²) in [5.74, 6) is -0.437. The monoisotopic (exact) mass is 300 g/mol. The molecule has 0 aliphatic heterocycles.